The maximum Gasteiger partial charge on any atom is 0.341 e. The van der Waals surface area contributed by atoms with Gasteiger partial charge in [-0.25, -0.2) is 10.2 Å². The van der Waals surface area contributed by atoms with Gasteiger partial charge >= 0.3 is 7.67 Å². The fraction of sp³-hybridized carbons (Fsp3) is 0.429. The maximum atomic E-state index is 12.7. The molecule has 0 unspecified atom stereocenters. The third-order valence-corrected chi connectivity index (χ3v) is 4.99. The standard InChI is InChI=1S/C14H21Cl2N2O2P/c1-2-6-14(13-7-4-3-5-8-13)20-21(17,19)18(11-9-15)12-10-16/h2-5,7-8,14H,1,6,9-12H2,(H2,17,19)/t14-,21+/m1/s1. The van der Waals surface area contributed by atoms with Gasteiger partial charge in [0.25, 0.3) is 0 Å². The lowest BCUT2D eigenvalue weighted by Gasteiger charge is -2.30. The van der Waals surface area contributed by atoms with Crippen LogP contribution in [0, 0.1) is 0 Å². The van der Waals surface area contributed by atoms with E-state index in [4.69, 9.17) is 33.2 Å². The number of nitrogens with two attached hydrogens (primary N) is 1. The summed E-state index contributed by atoms with van der Waals surface area (Å²) in [6.07, 6.45) is 1.82. The van der Waals surface area contributed by atoms with E-state index >= 15 is 0 Å². The molecule has 0 saturated carbocycles. The van der Waals surface area contributed by atoms with Gasteiger partial charge in [-0.3, -0.25) is 9.09 Å². The van der Waals surface area contributed by atoms with Gasteiger partial charge in [0.1, 0.15) is 0 Å². The molecule has 7 heteroatoms. The summed E-state index contributed by atoms with van der Waals surface area (Å²) in [6, 6.07) is 9.50. The Morgan fingerprint density at radius 1 is 1.29 bits per heavy atom. The highest BCUT2D eigenvalue weighted by Gasteiger charge is 2.30. The van der Waals surface area contributed by atoms with Crippen LogP contribution in [0.5, 0.6) is 0 Å². The van der Waals surface area contributed by atoms with Crippen LogP contribution in [0.25, 0.3) is 0 Å². The fourth-order valence-corrected chi connectivity index (χ4v) is 4.00. The highest BCUT2D eigenvalue weighted by molar-refractivity contribution is 7.53. The quantitative estimate of drug-likeness (QED) is 0.391. The molecule has 0 amide bonds. The predicted octanol–water partition coefficient (Wildman–Crippen LogP) is 4.17. The predicted molar refractivity (Wildman–Crippen MR) is 89.9 cm³/mol. The lowest BCUT2D eigenvalue weighted by molar-refractivity contribution is 0.184. The Hall–Kier alpha value is -0.350. The fourth-order valence-electron chi connectivity index (χ4n) is 1.89. The molecule has 0 saturated heterocycles. The highest BCUT2D eigenvalue weighted by Crippen LogP contribution is 2.47. The van der Waals surface area contributed by atoms with Crippen molar-refractivity contribution in [1.29, 1.82) is 0 Å². The van der Waals surface area contributed by atoms with Gasteiger partial charge < -0.3 is 0 Å². The zero-order valence-electron chi connectivity index (χ0n) is 11.8. The zero-order valence-corrected chi connectivity index (χ0v) is 14.2. The Balaban J connectivity index is 2.90. The Morgan fingerprint density at radius 3 is 2.33 bits per heavy atom. The molecule has 0 aliphatic carbocycles. The van der Waals surface area contributed by atoms with Crippen molar-refractivity contribution in [3.05, 3.63) is 48.6 Å². The molecular weight excluding hydrogens is 330 g/mol. The van der Waals surface area contributed by atoms with E-state index in [2.05, 4.69) is 6.58 Å². The molecule has 0 fully saturated rings. The van der Waals surface area contributed by atoms with Gasteiger partial charge in [-0.1, -0.05) is 36.4 Å². The third kappa shape index (κ3) is 6.11. The van der Waals surface area contributed by atoms with Gasteiger partial charge in [-0.05, 0) is 12.0 Å². The second-order valence-electron chi connectivity index (χ2n) is 4.42. The zero-order chi connectivity index (χ0) is 15.7. The first-order chi connectivity index (χ1) is 10.0. The van der Waals surface area contributed by atoms with Crippen molar-refractivity contribution in [2.24, 2.45) is 5.50 Å². The van der Waals surface area contributed by atoms with Crippen molar-refractivity contribution >= 4 is 30.9 Å². The van der Waals surface area contributed by atoms with Gasteiger partial charge in [0.15, 0.2) is 0 Å². The molecule has 21 heavy (non-hydrogen) atoms. The summed E-state index contributed by atoms with van der Waals surface area (Å²) in [7, 11) is -3.47. The van der Waals surface area contributed by atoms with E-state index in [1.807, 2.05) is 30.3 Å². The van der Waals surface area contributed by atoms with Crippen molar-refractivity contribution in [2.75, 3.05) is 24.8 Å². The normalized spacial score (nSPS) is 15.6. The summed E-state index contributed by atoms with van der Waals surface area (Å²) >= 11 is 11.4. The summed E-state index contributed by atoms with van der Waals surface area (Å²) in [5.41, 5.74) is 6.81. The average molecular weight is 351 g/mol. The number of halogens is 2. The highest BCUT2D eigenvalue weighted by atomic mass is 35.5. The molecule has 2 N–H and O–H groups in total. The second kappa shape index (κ2) is 9.62. The van der Waals surface area contributed by atoms with E-state index in [1.54, 1.807) is 6.08 Å². The molecule has 0 aliphatic rings. The number of alkyl halides is 2. The van der Waals surface area contributed by atoms with Crippen molar-refractivity contribution in [3.8, 4) is 0 Å². The van der Waals surface area contributed by atoms with Crippen LogP contribution in [-0.4, -0.2) is 29.5 Å². The molecule has 0 aromatic heterocycles. The molecular formula is C14H21Cl2N2O2P. The first kappa shape index (κ1) is 18.7. The molecule has 1 aromatic carbocycles. The smallest absolute Gasteiger partial charge is 0.298 e. The van der Waals surface area contributed by atoms with Crippen LogP contribution in [0.3, 0.4) is 0 Å². The van der Waals surface area contributed by atoms with Crippen LogP contribution in [0.4, 0.5) is 0 Å². The van der Waals surface area contributed by atoms with Crippen LogP contribution in [0.1, 0.15) is 18.1 Å². The van der Waals surface area contributed by atoms with E-state index in [0.29, 0.717) is 31.3 Å². The molecule has 4 nitrogen and oxygen atoms in total. The lowest BCUT2D eigenvalue weighted by atomic mass is 10.1. The van der Waals surface area contributed by atoms with Crippen molar-refractivity contribution < 1.29 is 9.09 Å². The third-order valence-electron chi connectivity index (χ3n) is 2.91. The Bertz CT molecular complexity index is 467. The number of benzene rings is 1. The number of nitrogens with zero attached hydrogens (tertiary/aromatic N) is 1. The minimum atomic E-state index is -3.47. The molecule has 0 aliphatic heterocycles. The summed E-state index contributed by atoms with van der Waals surface area (Å²) in [6.45, 7) is 4.42. The van der Waals surface area contributed by atoms with Gasteiger partial charge in [0, 0.05) is 24.8 Å². The molecule has 2 atom stereocenters. The van der Waals surface area contributed by atoms with Crippen LogP contribution < -0.4 is 5.50 Å². The Labute approximate surface area is 136 Å². The molecule has 0 spiro atoms. The van der Waals surface area contributed by atoms with Crippen LogP contribution >= 0.6 is 30.9 Å². The second-order valence-corrected chi connectivity index (χ2v) is 7.09. The van der Waals surface area contributed by atoms with Crippen LogP contribution in [0.2, 0.25) is 0 Å². The minimum absolute atomic E-state index is 0.304. The van der Waals surface area contributed by atoms with Crippen LogP contribution in [0.15, 0.2) is 43.0 Å². The van der Waals surface area contributed by atoms with E-state index in [1.165, 1.54) is 4.67 Å². The number of hydrogen-bond donors (Lipinski definition) is 1. The number of hydrogen-bond acceptors (Lipinski definition) is 2. The van der Waals surface area contributed by atoms with Gasteiger partial charge in [-0.15, -0.1) is 29.8 Å². The Kier molecular flexibility index (Phi) is 8.57. The molecule has 118 valence electrons. The molecule has 0 bridgehead atoms. The molecule has 1 rings (SSSR count). The van der Waals surface area contributed by atoms with Gasteiger partial charge in [0.2, 0.25) is 0 Å². The molecule has 0 heterocycles. The van der Waals surface area contributed by atoms with Crippen molar-refractivity contribution in [3.63, 3.8) is 0 Å². The summed E-state index contributed by atoms with van der Waals surface area (Å²) in [4.78, 5) is 0. The lowest BCUT2D eigenvalue weighted by Crippen LogP contribution is -2.30. The molecule has 1 aromatic rings. The van der Waals surface area contributed by atoms with Crippen molar-refractivity contribution in [1.82, 2.24) is 4.67 Å². The van der Waals surface area contributed by atoms with E-state index in [9.17, 15) is 4.57 Å². The maximum absolute atomic E-state index is 12.7. The average Bonchev–Trinajstić information content (AvgIpc) is 2.47. The molecule has 0 radical (unpaired) electrons. The van der Waals surface area contributed by atoms with Crippen LogP contribution in [-0.2, 0) is 9.09 Å². The van der Waals surface area contributed by atoms with Gasteiger partial charge in [-0.2, -0.15) is 0 Å². The summed E-state index contributed by atoms with van der Waals surface area (Å²) in [5.74, 6) is 0.609. The minimum Gasteiger partial charge on any atom is -0.298 e. The topological polar surface area (TPSA) is 55.6 Å². The van der Waals surface area contributed by atoms with E-state index in [0.717, 1.165) is 5.56 Å². The summed E-state index contributed by atoms with van der Waals surface area (Å²) in [5, 5.41) is 0. The van der Waals surface area contributed by atoms with E-state index in [-0.39, 0.29) is 0 Å². The SMILES string of the molecule is C=CC[C@@H](O[P@](N)(=O)N(CCCl)CCCl)c1ccccc1. The monoisotopic (exact) mass is 350 g/mol. The first-order valence-electron chi connectivity index (χ1n) is 6.65. The van der Waals surface area contributed by atoms with Crippen molar-refractivity contribution in [2.45, 2.75) is 12.5 Å². The van der Waals surface area contributed by atoms with Gasteiger partial charge in [0.05, 0.1) is 6.10 Å². The number of rotatable bonds is 10. The summed E-state index contributed by atoms with van der Waals surface area (Å²) < 4.78 is 19.9. The Morgan fingerprint density at radius 2 is 1.86 bits per heavy atom. The first-order valence-corrected chi connectivity index (χ1v) is 9.37. The largest absolute Gasteiger partial charge is 0.341 e. The van der Waals surface area contributed by atoms with E-state index < -0.39 is 13.8 Å².